The summed E-state index contributed by atoms with van der Waals surface area (Å²) in [6, 6.07) is 2.21. The molecule has 0 fully saturated rings. The van der Waals surface area contributed by atoms with Crippen LogP contribution in [0.25, 0.3) is 0 Å². The highest BCUT2D eigenvalue weighted by Crippen LogP contribution is 2.14. The van der Waals surface area contributed by atoms with Crippen molar-refractivity contribution in [1.29, 1.82) is 5.26 Å². The lowest BCUT2D eigenvalue weighted by atomic mass is 10.0. The standard InChI is InChI=1S/C12H19N5/c1-8(2)4-11(6-14)17-12-10(5-13)7-15-9(3)16-12/h7-8,11H,4,6,14H2,1-3H3,(H,15,16,17). The first-order valence-electron chi connectivity index (χ1n) is 5.77. The van der Waals surface area contributed by atoms with Crippen molar-refractivity contribution in [2.45, 2.75) is 33.2 Å². The fraction of sp³-hybridized carbons (Fsp3) is 0.583. The van der Waals surface area contributed by atoms with Crippen LogP contribution in [0, 0.1) is 24.2 Å². The van der Waals surface area contributed by atoms with Crippen LogP contribution in [0.2, 0.25) is 0 Å². The largest absolute Gasteiger partial charge is 0.365 e. The Labute approximate surface area is 102 Å². The van der Waals surface area contributed by atoms with Crippen molar-refractivity contribution in [1.82, 2.24) is 9.97 Å². The Morgan fingerprint density at radius 3 is 2.76 bits per heavy atom. The third-order valence-corrected chi connectivity index (χ3v) is 2.41. The smallest absolute Gasteiger partial charge is 0.147 e. The average Bonchev–Trinajstić information content (AvgIpc) is 2.28. The molecule has 1 unspecified atom stereocenters. The van der Waals surface area contributed by atoms with Crippen molar-refractivity contribution < 1.29 is 0 Å². The Hall–Kier alpha value is -1.67. The van der Waals surface area contributed by atoms with Gasteiger partial charge in [-0.2, -0.15) is 5.26 Å². The summed E-state index contributed by atoms with van der Waals surface area (Å²) in [5.41, 5.74) is 6.17. The van der Waals surface area contributed by atoms with Crippen LogP contribution >= 0.6 is 0 Å². The Balaban J connectivity index is 2.85. The first-order valence-corrected chi connectivity index (χ1v) is 5.77. The Bertz CT molecular complexity index is 408. The maximum Gasteiger partial charge on any atom is 0.147 e. The van der Waals surface area contributed by atoms with Gasteiger partial charge in [-0.15, -0.1) is 0 Å². The van der Waals surface area contributed by atoms with E-state index in [0.717, 1.165) is 6.42 Å². The topological polar surface area (TPSA) is 87.6 Å². The predicted octanol–water partition coefficient (Wildman–Crippen LogP) is 1.44. The number of nitrogens with two attached hydrogens (primary N) is 1. The van der Waals surface area contributed by atoms with Crippen LogP contribution in [0.1, 0.15) is 31.7 Å². The minimum Gasteiger partial charge on any atom is -0.365 e. The van der Waals surface area contributed by atoms with E-state index in [1.54, 1.807) is 6.92 Å². The zero-order valence-corrected chi connectivity index (χ0v) is 10.6. The zero-order chi connectivity index (χ0) is 12.8. The highest BCUT2D eigenvalue weighted by molar-refractivity contribution is 5.51. The highest BCUT2D eigenvalue weighted by Gasteiger charge is 2.12. The molecule has 1 aromatic rings. The van der Waals surface area contributed by atoms with E-state index in [1.807, 2.05) is 0 Å². The van der Waals surface area contributed by atoms with Crippen molar-refractivity contribution >= 4 is 5.82 Å². The molecule has 0 aliphatic heterocycles. The third-order valence-electron chi connectivity index (χ3n) is 2.41. The van der Waals surface area contributed by atoms with Crippen LogP contribution in [0.5, 0.6) is 0 Å². The number of hydrogen-bond donors (Lipinski definition) is 2. The minimum atomic E-state index is 0.136. The van der Waals surface area contributed by atoms with Crippen LogP contribution in [0.4, 0.5) is 5.82 Å². The van der Waals surface area contributed by atoms with E-state index in [0.29, 0.717) is 29.7 Å². The first-order chi connectivity index (χ1) is 8.06. The van der Waals surface area contributed by atoms with Gasteiger partial charge in [-0.3, -0.25) is 0 Å². The second-order valence-electron chi connectivity index (χ2n) is 4.50. The molecular weight excluding hydrogens is 214 g/mol. The Kier molecular flexibility index (Phi) is 4.85. The van der Waals surface area contributed by atoms with Gasteiger partial charge < -0.3 is 11.1 Å². The summed E-state index contributed by atoms with van der Waals surface area (Å²) in [6.45, 7) is 6.60. The van der Waals surface area contributed by atoms with E-state index in [4.69, 9.17) is 11.0 Å². The third kappa shape index (κ3) is 4.00. The molecule has 0 saturated carbocycles. The number of nitriles is 1. The molecule has 5 heteroatoms. The summed E-state index contributed by atoms with van der Waals surface area (Å²) in [5.74, 6) is 1.77. The lowest BCUT2D eigenvalue weighted by molar-refractivity contribution is 0.520. The quantitative estimate of drug-likeness (QED) is 0.803. The van der Waals surface area contributed by atoms with Crippen LogP contribution in [0.15, 0.2) is 6.20 Å². The van der Waals surface area contributed by atoms with Gasteiger partial charge in [0.05, 0.1) is 6.20 Å². The van der Waals surface area contributed by atoms with E-state index in [9.17, 15) is 0 Å². The first kappa shape index (κ1) is 13.4. The molecule has 1 atom stereocenters. The molecular formula is C12H19N5. The molecule has 1 rings (SSSR count). The Morgan fingerprint density at radius 1 is 1.53 bits per heavy atom. The summed E-state index contributed by atoms with van der Waals surface area (Å²) in [7, 11) is 0. The summed E-state index contributed by atoms with van der Waals surface area (Å²) >= 11 is 0. The van der Waals surface area contributed by atoms with Crippen LogP contribution < -0.4 is 11.1 Å². The molecule has 0 aliphatic rings. The summed E-state index contributed by atoms with van der Waals surface area (Å²) in [6.07, 6.45) is 2.48. The predicted molar refractivity (Wildman–Crippen MR) is 67.4 cm³/mol. The second-order valence-corrected chi connectivity index (χ2v) is 4.50. The molecule has 1 aromatic heterocycles. The molecule has 1 heterocycles. The molecule has 3 N–H and O–H groups in total. The Morgan fingerprint density at radius 2 is 2.24 bits per heavy atom. The summed E-state index contributed by atoms with van der Waals surface area (Å²) < 4.78 is 0. The van der Waals surface area contributed by atoms with E-state index >= 15 is 0 Å². The molecule has 0 spiro atoms. The number of nitrogens with one attached hydrogen (secondary N) is 1. The maximum absolute atomic E-state index is 8.98. The van der Waals surface area contributed by atoms with Crippen LogP contribution in [-0.4, -0.2) is 22.6 Å². The zero-order valence-electron chi connectivity index (χ0n) is 10.6. The van der Waals surface area contributed by atoms with Gasteiger partial charge in [-0.1, -0.05) is 13.8 Å². The fourth-order valence-electron chi connectivity index (χ4n) is 1.64. The summed E-state index contributed by atoms with van der Waals surface area (Å²) in [4.78, 5) is 8.24. The van der Waals surface area contributed by atoms with Gasteiger partial charge in [-0.25, -0.2) is 9.97 Å². The average molecular weight is 233 g/mol. The molecule has 0 aliphatic carbocycles. The van der Waals surface area contributed by atoms with Gasteiger partial charge in [0.15, 0.2) is 0 Å². The van der Waals surface area contributed by atoms with Crippen LogP contribution in [0.3, 0.4) is 0 Å². The van der Waals surface area contributed by atoms with Crippen molar-refractivity contribution in [2.24, 2.45) is 11.7 Å². The van der Waals surface area contributed by atoms with Crippen molar-refractivity contribution in [3.8, 4) is 6.07 Å². The van der Waals surface area contributed by atoms with Gasteiger partial charge in [-0.05, 0) is 19.3 Å². The monoisotopic (exact) mass is 233 g/mol. The van der Waals surface area contributed by atoms with Crippen molar-refractivity contribution in [2.75, 3.05) is 11.9 Å². The highest BCUT2D eigenvalue weighted by atomic mass is 15.1. The SMILES string of the molecule is Cc1ncc(C#N)c(NC(CN)CC(C)C)n1. The molecule has 0 aromatic carbocycles. The van der Waals surface area contributed by atoms with E-state index < -0.39 is 0 Å². The molecule has 92 valence electrons. The van der Waals surface area contributed by atoms with Crippen molar-refractivity contribution in [3.05, 3.63) is 17.6 Å². The van der Waals surface area contributed by atoms with Gasteiger partial charge in [0.1, 0.15) is 23.3 Å². The lowest BCUT2D eigenvalue weighted by Gasteiger charge is -2.19. The molecule has 0 bridgehead atoms. The second kappa shape index (κ2) is 6.16. The van der Waals surface area contributed by atoms with Gasteiger partial charge in [0.2, 0.25) is 0 Å². The number of aromatic nitrogens is 2. The minimum absolute atomic E-state index is 0.136. The maximum atomic E-state index is 8.98. The lowest BCUT2D eigenvalue weighted by Crippen LogP contribution is -2.31. The van der Waals surface area contributed by atoms with Gasteiger partial charge in [0, 0.05) is 12.6 Å². The number of aryl methyl sites for hydroxylation is 1. The molecule has 17 heavy (non-hydrogen) atoms. The van der Waals surface area contributed by atoms with E-state index in [1.165, 1.54) is 6.20 Å². The summed E-state index contributed by atoms with van der Waals surface area (Å²) in [5, 5.41) is 12.2. The van der Waals surface area contributed by atoms with Crippen molar-refractivity contribution in [3.63, 3.8) is 0 Å². The number of hydrogen-bond acceptors (Lipinski definition) is 5. The number of nitrogens with zero attached hydrogens (tertiary/aromatic N) is 3. The van der Waals surface area contributed by atoms with Crippen LogP contribution in [-0.2, 0) is 0 Å². The van der Waals surface area contributed by atoms with E-state index in [2.05, 4.69) is 35.2 Å². The number of anilines is 1. The van der Waals surface area contributed by atoms with E-state index in [-0.39, 0.29) is 6.04 Å². The van der Waals surface area contributed by atoms with Gasteiger partial charge >= 0.3 is 0 Å². The molecule has 0 radical (unpaired) electrons. The number of rotatable bonds is 5. The fourth-order valence-corrected chi connectivity index (χ4v) is 1.64. The van der Waals surface area contributed by atoms with Gasteiger partial charge in [0.25, 0.3) is 0 Å². The molecule has 0 amide bonds. The molecule has 5 nitrogen and oxygen atoms in total. The normalized spacial score (nSPS) is 12.2. The molecule has 0 saturated heterocycles.